The van der Waals surface area contributed by atoms with E-state index in [9.17, 15) is 14.9 Å². The van der Waals surface area contributed by atoms with Gasteiger partial charge >= 0.3 is 5.97 Å². The zero-order valence-electron chi connectivity index (χ0n) is 13.7. The van der Waals surface area contributed by atoms with Gasteiger partial charge in [0.15, 0.2) is 12.3 Å². The molecule has 2 aromatic rings. The lowest BCUT2D eigenvalue weighted by Gasteiger charge is -2.09. The second-order valence-corrected chi connectivity index (χ2v) is 6.80. The van der Waals surface area contributed by atoms with Crippen LogP contribution in [0.3, 0.4) is 0 Å². The lowest BCUT2D eigenvalue weighted by Crippen LogP contribution is -2.21. The molecule has 0 aromatic carbocycles. The Hall–Kier alpha value is -2.79. The molecule has 2 heterocycles. The SMILES string of the molecule is Cc1cnc(C(=O)OCC(=O)Nc2sc3c(c2C#N)CCCC3)cn1. The van der Waals surface area contributed by atoms with Crippen LogP contribution in [-0.2, 0) is 22.4 Å². The van der Waals surface area contributed by atoms with E-state index in [-0.39, 0.29) is 5.69 Å². The van der Waals surface area contributed by atoms with E-state index < -0.39 is 18.5 Å². The number of nitriles is 1. The molecular weight excluding hydrogens is 340 g/mol. The fraction of sp³-hybridized carbons (Fsp3) is 0.353. The predicted octanol–water partition coefficient (Wildman–Crippen LogP) is 2.39. The van der Waals surface area contributed by atoms with Crippen molar-refractivity contribution in [2.45, 2.75) is 32.6 Å². The number of carbonyl (C=O) groups excluding carboxylic acids is 2. The van der Waals surface area contributed by atoms with E-state index in [4.69, 9.17) is 4.74 Å². The quantitative estimate of drug-likeness (QED) is 0.843. The number of aromatic nitrogens is 2. The molecule has 2 aromatic heterocycles. The van der Waals surface area contributed by atoms with Crippen molar-refractivity contribution in [3.05, 3.63) is 39.8 Å². The zero-order valence-corrected chi connectivity index (χ0v) is 14.5. The van der Waals surface area contributed by atoms with E-state index >= 15 is 0 Å². The van der Waals surface area contributed by atoms with Crippen molar-refractivity contribution in [3.63, 3.8) is 0 Å². The average Bonchev–Trinajstić information content (AvgIpc) is 2.97. The average molecular weight is 356 g/mol. The van der Waals surface area contributed by atoms with Crippen molar-refractivity contribution in [2.24, 2.45) is 0 Å². The highest BCUT2D eigenvalue weighted by Crippen LogP contribution is 2.37. The summed E-state index contributed by atoms with van der Waals surface area (Å²) in [7, 11) is 0. The van der Waals surface area contributed by atoms with Crippen LogP contribution in [-0.4, -0.2) is 28.5 Å². The molecule has 7 nitrogen and oxygen atoms in total. The van der Waals surface area contributed by atoms with E-state index in [1.807, 2.05) is 0 Å². The molecule has 0 fully saturated rings. The van der Waals surface area contributed by atoms with Gasteiger partial charge in [0.05, 0.1) is 17.5 Å². The predicted molar refractivity (Wildman–Crippen MR) is 91.4 cm³/mol. The van der Waals surface area contributed by atoms with Crippen LogP contribution in [0.5, 0.6) is 0 Å². The Morgan fingerprint density at radius 2 is 2.12 bits per heavy atom. The minimum absolute atomic E-state index is 0.0442. The summed E-state index contributed by atoms with van der Waals surface area (Å²) in [5, 5.41) is 12.6. The standard InChI is InChI=1S/C17H16N4O3S/c1-10-7-20-13(8-19-10)17(23)24-9-15(22)21-16-12(6-18)11-4-2-3-5-14(11)25-16/h7-8H,2-5,9H2,1H3,(H,21,22). The maximum atomic E-state index is 12.1. The zero-order chi connectivity index (χ0) is 17.8. The highest BCUT2D eigenvalue weighted by Gasteiger charge is 2.22. The Morgan fingerprint density at radius 1 is 1.32 bits per heavy atom. The van der Waals surface area contributed by atoms with Crippen molar-refractivity contribution in [3.8, 4) is 6.07 Å². The number of esters is 1. The monoisotopic (exact) mass is 356 g/mol. The van der Waals surface area contributed by atoms with Crippen LogP contribution in [0.15, 0.2) is 12.4 Å². The lowest BCUT2D eigenvalue weighted by molar-refractivity contribution is -0.119. The highest BCUT2D eigenvalue weighted by molar-refractivity contribution is 7.16. The Morgan fingerprint density at radius 3 is 2.84 bits per heavy atom. The van der Waals surface area contributed by atoms with Gasteiger partial charge < -0.3 is 10.1 Å². The molecule has 0 bridgehead atoms. The number of ether oxygens (including phenoxy) is 1. The lowest BCUT2D eigenvalue weighted by atomic mass is 9.96. The van der Waals surface area contributed by atoms with Gasteiger partial charge in [-0.05, 0) is 38.2 Å². The molecule has 0 radical (unpaired) electrons. The summed E-state index contributed by atoms with van der Waals surface area (Å²) in [5.41, 5.74) is 2.30. The third kappa shape index (κ3) is 3.83. The third-order valence-corrected chi connectivity index (χ3v) is 5.07. The number of nitrogens with zero attached hydrogens (tertiary/aromatic N) is 3. The number of carbonyl (C=O) groups is 2. The summed E-state index contributed by atoms with van der Waals surface area (Å²) in [5.74, 6) is -1.20. The molecule has 0 saturated carbocycles. The van der Waals surface area contributed by atoms with Gasteiger partial charge in [-0.1, -0.05) is 0 Å². The number of fused-ring (bicyclic) bond motifs is 1. The van der Waals surface area contributed by atoms with Crippen LogP contribution >= 0.6 is 11.3 Å². The summed E-state index contributed by atoms with van der Waals surface area (Å²) < 4.78 is 4.95. The van der Waals surface area contributed by atoms with Crippen LogP contribution in [0.25, 0.3) is 0 Å². The van der Waals surface area contributed by atoms with E-state index in [2.05, 4.69) is 21.4 Å². The molecule has 25 heavy (non-hydrogen) atoms. The van der Waals surface area contributed by atoms with Crippen LogP contribution in [0.4, 0.5) is 5.00 Å². The summed E-state index contributed by atoms with van der Waals surface area (Å²) in [6.07, 6.45) is 6.71. The molecule has 1 N–H and O–H groups in total. The molecule has 3 rings (SSSR count). The second kappa shape index (κ2) is 7.40. The molecule has 0 unspecified atom stereocenters. The van der Waals surface area contributed by atoms with Gasteiger partial charge in [0.1, 0.15) is 11.1 Å². The van der Waals surface area contributed by atoms with Gasteiger partial charge in [0.25, 0.3) is 5.91 Å². The number of thiophene rings is 1. The number of nitrogens with one attached hydrogen (secondary N) is 1. The van der Waals surface area contributed by atoms with Crippen molar-refractivity contribution < 1.29 is 14.3 Å². The van der Waals surface area contributed by atoms with Gasteiger partial charge in [-0.25, -0.2) is 9.78 Å². The first-order valence-corrected chi connectivity index (χ1v) is 8.70. The number of aryl methyl sites for hydroxylation is 2. The fourth-order valence-electron chi connectivity index (χ4n) is 2.64. The molecule has 0 aliphatic heterocycles. The smallest absolute Gasteiger partial charge is 0.359 e. The van der Waals surface area contributed by atoms with E-state index in [0.29, 0.717) is 16.3 Å². The van der Waals surface area contributed by atoms with Crippen LogP contribution < -0.4 is 5.32 Å². The van der Waals surface area contributed by atoms with E-state index in [0.717, 1.165) is 36.1 Å². The molecule has 128 valence electrons. The van der Waals surface area contributed by atoms with Gasteiger partial charge in [0.2, 0.25) is 0 Å². The number of hydrogen-bond acceptors (Lipinski definition) is 7. The maximum Gasteiger partial charge on any atom is 0.359 e. The van der Waals surface area contributed by atoms with Gasteiger partial charge in [-0.15, -0.1) is 11.3 Å². The first kappa shape index (κ1) is 17.0. The van der Waals surface area contributed by atoms with Crippen LogP contribution in [0.2, 0.25) is 0 Å². The normalized spacial score (nSPS) is 12.8. The van der Waals surface area contributed by atoms with E-state index in [1.54, 1.807) is 6.92 Å². The molecule has 0 spiro atoms. The minimum Gasteiger partial charge on any atom is -0.451 e. The maximum absolute atomic E-state index is 12.1. The third-order valence-electron chi connectivity index (χ3n) is 3.86. The second-order valence-electron chi connectivity index (χ2n) is 5.69. The summed E-state index contributed by atoms with van der Waals surface area (Å²) >= 11 is 1.43. The first-order valence-electron chi connectivity index (χ1n) is 7.88. The van der Waals surface area contributed by atoms with Gasteiger partial charge in [-0.3, -0.25) is 9.78 Å². The Kier molecular flexibility index (Phi) is 5.05. The first-order chi connectivity index (χ1) is 12.1. The summed E-state index contributed by atoms with van der Waals surface area (Å²) in [6.45, 7) is 1.31. The minimum atomic E-state index is -0.714. The summed E-state index contributed by atoms with van der Waals surface area (Å²) in [4.78, 5) is 32.9. The van der Waals surface area contributed by atoms with Gasteiger partial charge in [-0.2, -0.15) is 5.26 Å². The Bertz CT molecular complexity index is 852. The molecule has 0 atom stereocenters. The number of amides is 1. The molecular formula is C17H16N4O3S. The largest absolute Gasteiger partial charge is 0.451 e. The topological polar surface area (TPSA) is 105 Å². The highest BCUT2D eigenvalue weighted by atomic mass is 32.1. The number of anilines is 1. The molecule has 1 aliphatic rings. The van der Waals surface area contributed by atoms with Crippen LogP contribution in [0.1, 0.15) is 45.0 Å². The van der Waals surface area contributed by atoms with Crippen molar-refractivity contribution in [1.29, 1.82) is 5.26 Å². The Balaban J connectivity index is 1.61. The summed E-state index contributed by atoms with van der Waals surface area (Å²) in [6, 6.07) is 2.17. The van der Waals surface area contributed by atoms with Crippen molar-refractivity contribution >= 4 is 28.2 Å². The fourth-order valence-corrected chi connectivity index (χ4v) is 3.89. The molecule has 1 aliphatic carbocycles. The van der Waals surface area contributed by atoms with E-state index in [1.165, 1.54) is 23.7 Å². The molecule has 8 heteroatoms. The molecule has 0 saturated heterocycles. The Labute approximate surface area is 148 Å². The van der Waals surface area contributed by atoms with Crippen LogP contribution in [0, 0.1) is 18.3 Å². The number of hydrogen-bond donors (Lipinski definition) is 1. The van der Waals surface area contributed by atoms with Crippen molar-refractivity contribution in [1.82, 2.24) is 9.97 Å². The molecule has 1 amide bonds. The van der Waals surface area contributed by atoms with Crippen molar-refractivity contribution in [2.75, 3.05) is 11.9 Å². The number of rotatable bonds is 4. The van der Waals surface area contributed by atoms with Gasteiger partial charge in [0, 0.05) is 11.1 Å².